The maximum absolute atomic E-state index is 12.2. The van der Waals surface area contributed by atoms with Gasteiger partial charge in [-0.1, -0.05) is 19.8 Å². The van der Waals surface area contributed by atoms with Gasteiger partial charge in [0, 0.05) is 12.1 Å². The van der Waals surface area contributed by atoms with Gasteiger partial charge in [-0.15, -0.1) is 0 Å². The van der Waals surface area contributed by atoms with Crippen LogP contribution in [0.25, 0.3) is 0 Å². The van der Waals surface area contributed by atoms with Crippen molar-refractivity contribution in [1.29, 1.82) is 0 Å². The van der Waals surface area contributed by atoms with Crippen molar-refractivity contribution in [3.05, 3.63) is 0 Å². The Morgan fingerprint density at radius 2 is 2.14 bits per heavy atom. The van der Waals surface area contributed by atoms with Crippen LogP contribution in [0.3, 0.4) is 0 Å². The summed E-state index contributed by atoms with van der Waals surface area (Å²) >= 11 is 0. The first kappa shape index (κ1) is 18.4. The number of rotatable bonds is 7. The molecule has 0 aromatic rings. The van der Waals surface area contributed by atoms with Crippen molar-refractivity contribution in [2.45, 2.75) is 83.8 Å². The average molecular weight is 298 g/mol. The van der Waals surface area contributed by atoms with Gasteiger partial charge in [-0.25, -0.2) is 0 Å². The minimum Gasteiger partial charge on any atom is -0.468 e. The maximum Gasteiger partial charge on any atom is 0.325 e. The zero-order valence-electron chi connectivity index (χ0n) is 14.6. The second-order valence-corrected chi connectivity index (χ2v) is 6.74. The molecule has 0 aromatic carbocycles. The summed E-state index contributed by atoms with van der Waals surface area (Å²) in [5, 5.41) is 3.40. The fourth-order valence-electron chi connectivity index (χ4n) is 3.51. The number of likely N-dealkylation sites (tertiary alicyclic amines) is 1. The molecule has 4 nitrogen and oxygen atoms in total. The number of methoxy groups -OCH3 is 1. The van der Waals surface area contributed by atoms with E-state index in [1.807, 2.05) is 6.92 Å². The molecule has 3 atom stereocenters. The highest BCUT2D eigenvalue weighted by molar-refractivity contribution is 5.80. The summed E-state index contributed by atoms with van der Waals surface area (Å²) < 4.78 is 5.03. The van der Waals surface area contributed by atoms with Crippen molar-refractivity contribution in [2.24, 2.45) is 0 Å². The molecular weight excluding hydrogens is 264 g/mol. The first-order valence-electron chi connectivity index (χ1n) is 8.53. The summed E-state index contributed by atoms with van der Waals surface area (Å²) in [6.07, 6.45) is 7.00. The van der Waals surface area contributed by atoms with E-state index in [1.165, 1.54) is 32.8 Å². The van der Waals surface area contributed by atoms with Gasteiger partial charge in [0.05, 0.1) is 7.11 Å². The number of nitrogens with zero attached hydrogens (tertiary/aromatic N) is 1. The van der Waals surface area contributed by atoms with Gasteiger partial charge in [-0.05, 0) is 59.5 Å². The first-order valence-corrected chi connectivity index (χ1v) is 8.53. The van der Waals surface area contributed by atoms with Gasteiger partial charge >= 0.3 is 5.97 Å². The Bertz CT molecular complexity index is 322. The predicted molar refractivity (Wildman–Crippen MR) is 87.4 cm³/mol. The molecule has 0 spiro atoms. The standard InChI is InChI=1S/C17H34N2O2/c1-6-11-18-17(4,16(20)21-5)13-15(3)19-12-9-7-8-10-14(19)2/h14-15,18H,6-13H2,1-5H3. The number of carbonyl (C=O) groups is 1. The zero-order chi connectivity index (χ0) is 15.9. The highest BCUT2D eigenvalue weighted by Crippen LogP contribution is 2.24. The molecular formula is C17H34N2O2. The molecule has 0 aliphatic carbocycles. The third-order valence-corrected chi connectivity index (χ3v) is 4.78. The first-order chi connectivity index (χ1) is 9.94. The lowest BCUT2D eigenvalue weighted by Crippen LogP contribution is -2.55. The minimum absolute atomic E-state index is 0.148. The second-order valence-electron chi connectivity index (χ2n) is 6.74. The molecule has 1 fully saturated rings. The van der Waals surface area contributed by atoms with Crippen molar-refractivity contribution in [2.75, 3.05) is 20.2 Å². The highest BCUT2D eigenvalue weighted by Gasteiger charge is 2.37. The molecule has 21 heavy (non-hydrogen) atoms. The van der Waals surface area contributed by atoms with E-state index in [2.05, 4.69) is 31.0 Å². The molecule has 1 aliphatic rings. The Kier molecular flexibility index (Phi) is 7.67. The Labute approximate surface area is 130 Å². The van der Waals surface area contributed by atoms with Crippen molar-refractivity contribution >= 4 is 5.97 Å². The SMILES string of the molecule is CCCNC(C)(CC(C)N1CCCCCC1C)C(=O)OC. The lowest BCUT2D eigenvalue weighted by atomic mass is 9.91. The molecule has 1 N–H and O–H groups in total. The number of carbonyl (C=O) groups excluding carboxylic acids is 1. The Morgan fingerprint density at radius 3 is 2.76 bits per heavy atom. The third kappa shape index (κ3) is 5.26. The van der Waals surface area contributed by atoms with E-state index < -0.39 is 5.54 Å². The predicted octanol–water partition coefficient (Wildman–Crippen LogP) is 2.96. The van der Waals surface area contributed by atoms with Gasteiger partial charge in [0.1, 0.15) is 5.54 Å². The normalized spacial score (nSPS) is 24.9. The van der Waals surface area contributed by atoms with Crippen LogP contribution >= 0.6 is 0 Å². The van der Waals surface area contributed by atoms with Crippen LogP contribution in [0.5, 0.6) is 0 Å². The number of hydrogen-bond donors (Lipinski definition) is 1. The van der Waals surface area contributed by atoms with Gasteiger partial charge < -0.3 is 10.1 Å². The van der Waals surface area contributed by atoms with Crippen molar-refractivity contribution in [3.63, 3.8) is 0 Å². The van der Waals surface area contributed by atoms with Gasteiger partial charge in [-0.2, -0.15) is 0 Å². The summed E-state index contributed by atoms with van der Waals surface area (Å²) in [5.41, 5.74) is -0.587. The Hall–Kier alpha value is -0.610. The van der Waals surface area contributed by atoms with Crippen LogP contribution in [0.4, 0.5) is 0 Å². The van der Waals surface area contributed by atoms with Gasteiger partial charge in [0.15, 0.2) is 0 Å². The molecule has 0 bridgehead atoms. The van der Waals surface area contributed by atoms with Crippen LogP contribution < -0.4 is 5.32 Å². The van der Waals surface area contributed by atoms with E-state index in [0.717, 1.165) is 25.9 Å². The highest BCUT2D eigenvalue weighted by atomic mass is 16.5. The summed E-state index contributed by atoms with van der Waals surface area (Å²) in [7, 11) is 1.48. The summed E-state index contributed by atoms with van der Waals surface area (Å²) in [6, 6.07) is 0.988. The van der Waals surface area contributed by atoms with Gasteiger partial charge in [0.2, 0.25) is 0 Å². The summed E-state index contributed by atoms with van der Waals surface area (Å²) in [5.74, 6) is -0.148. The molecule has 124 valence electrons. The fourth-order valence-corrected chi connectivity index (χ4v) is 3.51. The molecule has 1 saturated heterocycles. The van der Waals surface area contributed by atoms with Crippen LogP contribution in [-0.4, -0.2) is 48.7 Å². The quantitative estimate of drug-likeness (QED) is 0.734. The Morgan fingerprint density at radius 1 is 1.43 bits per heavy atom. The lowest BCUT2D eigenvalue weighted by molar-refractivity contribution is -0.149. The van der Waals surface area contributed by atoms with Crippen LogP contribution in [0.1, 0.15) is 66.2 Å². The van der Waals surface area contributed by atoms with Crippen molar-refractivity contribution < 1.29 is 9.53 Å². The van der Waals surface area contributed by atoms with E-state index in [0.29, 0.717) is 12.1 Å². The lowest BCUT2D eigenvalue weighted by Gasteiger charge is -2.38. The summed E-state index contributed by atoms with van der Waals surface area (Å²) in [6.45, 7) is 10.6. The fraction of sp³-hybridized carbons (Fsp3) is 0.941. The number of esters is 1. The largest absolute Gasteiger partial charge is 0.468 e. The third-order valence-electron chi connectivity index (χ3n) is 4.78. The number of nitrogens with one attached hydrogen (secondary N) is 1. The average Bonchev–Trinajstić information content (AvgIpc) is 2.68. The molecule has 1 aliphatic heterocycles. The molecule has 0 saturated carbocycles. The zero-order valence-corrected chi connectivity index (χ0v) is 14.6. The topological polar surface area (TPSA) is 41.6 Å². The molecule has 1 rings (SSSR count). The minimum atomic E-state index is -0.587. The molecule has 1 heterocycles. The second kappa shape index (κ2) is 8.74. The molecule has 3 unspecified atom stereocenters. The van der Waals surface area contributed by atoms with E-state index in [4.69, 9.17) is 4.74 Å². The van der Waals surface area contributed by atoms with E-state index in [9.17, 15) is 4.79 Å². The van der Waals surface area contributed by atoms with Crippen molar-refractivity contribution in [1.82, 2.24) is 10.2 Å². The van der Waals surface area contributed by atoms with E-state index in [-0.39, 0.29) is 5.97 Å². The number of ether oxygens (including phenoxy) is 1. The molecule has 4 heteroatoms. The van der Waals surface area contributed by atoms with E-state index in [1.54, 1.807) is 0 Å². The van der Waals surface area contributed by atoms with Crippen LogP contribution in [0.2, 0.25) is 0 Å². The molecule has 0 radical (unpaired) electrons. The monoisotopic (exact) mass is 298 g/mol. The van der Waals surface area contributed by atoms with Gasteiger partial charge in [0.25, 0.3) is 0 Å². The van der Waals surface area contributed by atoms with E-state index >= 15 is 0 Å². The molecule has 0 aromatic heterocycles. The van der Waals surface area contributed by atoms with Crippen LogP contribution in [-0.2, 0) is 9.53 Å². The maximum atomic E-state index is 12.2. The van der Waals surface area contributed by atoms with Crippen molar-refractivity contribution in [3.8, 4) is 0 Å². The number of hydrogen-bond acceptors (Lipinski definition) is 4. The van der Waals surface area contributed by atoms with Crippen LogP contribution in [0.15, 0.2) is 0 Å². The molecule has 0 amide bonds. The Balaban J connectivity index is 2.73. The summed E-state index contributed by atoms with van der Waals surface area (Å²) in [4.78, 5) is 14.8. The van der Waals surface area contributed by atoms with Gasteiger partial charge in [-0.3, -0.25) is 9.69 Å². The van der Waals surface area contributed by atoms with Crippen LogP contribution in [0, 0.1) is 0 Å². The smallest absolute Gasteiger partial charge is 0.325 e.